The predicted molar refractivity (Wildman–Crippen MR) is 58.5 cm³/mol. The molecule has 3 heteroatoms. The Morgan fingerprint density at radius 3 is 2.77 bits per heavy atom. The van der Waals surface area contributed by atoms with E-state index >= 15 is 0 Å². The van der Waals surface area contributed by atoms with Gasteiger partial charge in [-0.2, -0.15) is 11.3 Å². The molecular weight excluding hydrogens is 180 g/mol. The highest BCUT2D eigenvalue weighted by atomic mass is 32.1. The molecule has 0 fully saturated rings. The van der Waals surface area contributed by atoms with E-state index in [1.165, 1.54) is 0 Å². The zero-order valence-corrected chi connectivity index (χ0v) is 7.84. The Labute approximate surface area is 81.0 Å². The normalized spacial score (nSPS) is 9.85. The van der Waals surface area contributed by atoms with E-state index in [9.17, 15) is 0 Å². The number of thiophene rings is 1. The third-order valence-corrected chi connectivity index (χ3v) is 2.38. The molecule has 0 radical (unpaired) electrons. The molecule has 0 saturated carbocycles. The molecule has 0 amide bonds. The van der Waals surface area contributed by atoms with E-state index in [0.717, 1.165) is 17.1 Å². The largest absolute Gasteiger partial charge is 0.399 e. The van der Waals surface area contributed by atoms with E-state index in [0.29, 0.717) is 0 Å². The summed E-state index contributed by atoms with van der Waals surface area (Å²) < 4.78 is 0. The van der Waals surface area contributed by atoms with Gasteiger partial charge in [0.1, 0.15) is 0 Å². The minimum atomic E-state index is 0.778. The van der Waals surface area contributed by atoms with Gasteiger partial charge in [0.2, 0.25) is 0 Å². The van der Waals surface area contributed by atoms with Crippen LogP contribution < -0.4 is 11.1 Å². The van der Waals surface area contributed by atoms with E-state index in [-0.39, 0.29) is 0 Å². The molecule has 0 aliphatic rings. The van der Waals surface area contributed by atoms with E-state index in [4.69, 9.17) is 5.73 Å². The van der Waals surface area contributed by atoms with Crippen LogP contribution >= 0.6 is 11.3 Å². The fourth-order valence-electron chi connectivity index (χ4n) is 1.12. The fourth-order valence-corrected chi connectivity index (χ4v) is 1.71. The van der Waals surface area contributed by atoms with E-state index in [2.05, 4.69) is 10.7 Å². The van der Waals surface area contributed by atoms with Gasteiger partial charge in [-0.05, 0) is 29.6 Å². The summed E-state index contributed by atoms with van der Waals surface area (Å²) >= 11 is 1.67. The van der Waals surface area contributed by atoms with Crippen LogP contribution in [0.25, 0.3) is 0 Å². The lowest BCUT2D eigenvalue weighted by Gasteiger charge is -2.03. The Hall–Kier alpha value is -1.48. The number of benzene rings is 1. The van der Waals surface area contributed by atoms with Crippen LogP contribution in [0.4, 0.5) is 17.1 Å². The molecule has 13 heavy (non-hydrogen) atoms. The second kappa shape index (κ2) is 3.49. The van der Waals surface area contributed by atoms with Crippen LogP contribution in [0.15, 0.2) is 41.1 Å². The van der Waals surface area contributed by atoms with Crippen LogP contribution in [-0.2, 0) is 0 Å². The predicted octanol–water partition coefficient (Wildman–Crippen LogP) is 3.07. The number of anilines is 3. The average molecular weight is 190 g/mol. The number of hydrogen-bond donors (Lipinski definition) is 2. The van der Waals surface area contributed by atoms with E-state index in [1.807, 2.05) is 35.7 Å². The lowest BCUT2D eigenvalue weighted by atomic mass is 10.3. The van der Waals surface area contributed by atoms with Crippen molar-refractivity contribution in [3.8, 4) is 0 Å². The SMILES string of the molecule is Nc1cccc(Nc2ccsc2)c1. The zero-order valence-electron chi connectivity index (χ0n) is 7.03. The third kappa shape index (κ3) is 2.00. The maximum absolute atomic E-state index is 5.65. The summed E-state index contributed by atoms with van der Waals surface area (Å²) in [5.74, 6) is 0. The number of nitrogen functional groups attached to an aromatic ring is 1. The van der Waals surface area contributed by atoms with Crippen LogP contribution in [0.5, 0.6) is 0 Å². The molecule has 0 spiro atoms. The van der Waals surface area contributed by atoms with Gasteiger partial charge in [-0.3, -0.25) is 0 Å². The Morgan fingerprint density at radius 2 is 2.08 bits per heavy atom. The maximum Gasteiger partial charge on any atom is 0.0492 e. The van der Waals surface area contributed by atoms with Gasteiger partial charge in [-0.25, -0.2) is 0 Å². The first-order valence-corrected chi connectivity index (χ1v) is 4.93. The van der Waals surface area contributed by atoms with Crippen molar-refractivity contribution in [2.24, 2.45) is 0 Å². The van der Waals surface area contributed by atoms with Crippen LogP contribution in [-0.4, -0.2) is 0 Å². The van der Waals surface area contributed by atoms with Gasteiger partial charge in [0, 0.05) is 22.4 Å². The van der Waals surface area contributed by atoms with Gasteiger partial charge in [-0.1, -0.05) is 6.07 Å². The molecule has 0 atom stereocenters. The highest BCUT2D eigenvalue weighted by Crippen LogP contribution is 2.20. The first-order valence-electron chi connectivity index (χ1n) is 3.99. The second-order valence-electron chi connectivity index (χ2n) is 2.76. The van der Waals surface area contributed by atoms with Gasteiger partial charge in [0.15, 0.2) is 0 Å². The van der Waals surface area contributed by atoms with Crippen LogP contribution in [0.3, 0.4) is 0 Å². The molecule has 2 rings (SSSR count). The zero-order chi connectivity index (χ0) is 9.10. The molecule has 1 aromatic carbocycles. The Bertz CT molecular complexity index is 382. The minimum absolute atomic E-state index is 0.778. The molecule has 0 aliphatic carbocycles. The monoisotopic (exact) mass is 190 g/mol. The van der Waals surface area contributed by atoms with Crippen LogP contribution in [0.2, 0.25) is 0 Å². The van der Waals surface area contributed by atoms with E-state index in [1.54, 1.807) is 11.3 Å². The standard InChI is InChI=1S/C10H10N2S/c11-8-2-1-3-9(6-8)12-10-4-5-13-7-10/h1-7,12H,11H2. The van der Waals surface area contributed by atoms with Gasteiger partial charge < -0.3 is 11.1 Å². The summed E-state index contributed by atoms with van der Waals surface area (Å²) in [6.45, 7) is 0. The number of rotatable bonds is 2. The first-order chi connectivity index (χ1) is 6.34. The molecule has 2 aromatic rings. The highest BCUT2D eigenvalue weighted by molar-refractivity contribution is 7.08. The molecule has 1 heterocycles. The van der Waals surface area contributed by atoms with Crippen molar-refractivity contribution in [2.45, 2.75) is 0 Å². The third-order valence-electron chi connectivity index (χ3n) is 1.70. The van der Waals surface area contributed by atoms with Crippen LogP contribution in [0.1, 0.15) is 0 Å². The molecule has 0 unspecified atom stereocenters. The van der Waals surface area contributed by atoms with E-state index < -0.39 is 0 Å². The smallest absolute Gasteiger partial charge is 0.0492 e. The summed E-state index contributed by atoms with van der Waals surface area (Å²) in [6.07, 6.45) is 0. The molecule has 66 valence electrons. The Kier molecular flexibility index (Phi) is 2.19. The molecule has 0 saturated heterocycles. The van der Waals surface area contributed by atoms with Crippen molar-refractivity contribution in [1.82, 2.24) is 0 Å². The van der Waals surface area contributed by atoms with Crippen molar-refractivity contribution in [2.75, 3.05) is 11.1 Å². The molecule has 0 aliphatic heterocycles. The van der Waals surface area contributed by atoms with Crippen molar-refractivity contribution in [3.05, 3.63) is 41.1 Å². The van der Waals surface area contributed by atoms with Crippen molar-refractivity contribution in [3.63, 3.8) is 0 Å². The number of nitrogens with two attached hydrogens (primary N) is 1. The highest BCUT2D eigenvalue weighted by Gasteiger charge is 1.94. The summed E-state index contributed by atoms with van der Waals surface area (Å²) in [6, 6.07) is 9.75. The summed E-state index contributed by atoms with van der Waals surface area (Å²) in [5.41, 5.74) is 8.56. The van der Waals surface area contributed by atoms with Gasteiger partial charge in [-0.15, -0.1) is 0 Å². The van der Waals surface area contributed by atoms with Crippen LogP contribution in [0, 0.1) is 0 Å². The molecule has 3 N–H and O–H groups in total. The van der Waals surface area contributed by atoms with Gasteiger partial charge in [0.25, 0.3) is 0 Å². The van der Waals surface area contributed by atoms with Gasteiger partial charge >= 0.3 is 0 Å². The topological polar surface area (TPSA) is 38.0 Å². The first kappa shape index (κ1) is 8.13. The maximum atomic E-state index is 5.65. The van der Waals surface area contributed by atoms with Crippen molar-refractivity contribution in [1.29, 1.82) is 0 Å². The Morgan fingerprint density at radius 1 is 1.15 bits per heavy atom. The fraction of sp³-hybridized carbons (Fsp3) is 0. The molecule has 1 aromatic heterocycles. The van der Waals surface area contributed by atoms with Gasteiger partial charge in [0.05, 0.1) is 0 Å². The molecule has 0 bridgehead atoms. The summed E-state index contributed by atoms with van der Waals surface area (Å²) in [5, 5.41) is 7.35. The lowest BCUT2D eigenvalue weighted by molar-refractivity contribution is 1.58. The number of hydrogen-bond acceptors (Lipinski definition) is 3. The summed E-state index contributed by atoms with van der Waals surface area (Å²) in [7, 11) is 0. The number of nitrogens with one attached hydrogen (secondary N) is 1. The summed E-state index contributed by atoms with van der Waals surface area (Å²) in [4.78, 5) is 0. The second-order valence-corrected chi connectivity index (χ2v) is 3.54. The lowest BCUT2D eigenvalue weighted by Crippen LogP contribution is -1.90. The van der Waals surface area contributed by atoms with Crippen molar-refractivity contribution >= 4 is 28.4 Å². The minimum Gasteiger partial charge on any atom is -0.399 e. The van der Waals surface area contributed by atoms with Crippen molar-refractivity contribution < 1.29 is 0 Å². The quantitative estimate of drug-likeness (QED) is 0.714. The molecular formula is C10H10N2S. The Balaban J connectivity index is 2.19. The molecule has 2 nitrogen and oxygen atoms in total. The average Bonchev–Trinajstić information content (AvgIpc) is 2.57.